The van der Waals surface area contributed by atoms with Gasteiger partial charge in [0.25, 0.3) is 0 Å². The van der Waals surface area contributed by atoms with Gasteiger partial charge in [-0.2, -0.15) is 0 Å². The number of halogens is 1. The van der Waals surface area contributed by atoms with E-state index in [9.17, 15) is 4.79 Å². The second-order valence-corrected chi connectivity index (χ2v) is 7.44. The summed E-state index contributed by atoms with van der Waals surface area (Å²) in [6, 6.07) is 4.35. The predicted molar refractivity (Wildman–Crippen MR) is 126 cm³/mol. The molecule has 1 amide bonds. The van der Waals surface area contributed by atoms with Crippen LogP contribution in [0.3, 0.4) is 0 Å². The summed E-state index contributed by atoms with van der Waals surface area (Å²) in [6.45, 7) is 8.21. The zero-order chi connectivity index (χ0) is 19.9. The third-order valence-electron chi connectivity index (χ3n) is 5.29. The molecule has 1 aromatic rings. The van der Waals surface area contributed by atoms with Gasteiger partial charge in [0.1, 0.15) is 5.82 Å². The summed E-state index contributed by atoms with van der Waals surface area (Å²) in [5.74, 6) is 1.49. The summed E-state index contributed by atoms with van der Waals surface area (Å²) in [7, 11) is 0. The van der Waals surface area contributed by atoms with Crippen LogP contribution in [0.1, 0.15) is 43.9 Å². The molecule has 3 heterocycles. The van der Waals surface area contributed by atoms with E-state index in [1.54, 1.807) is 4.90 Å². The Morgan fingerprint density at radius 1 is 1.28 bits per heavy atom. The van der Waals surface area contributed by atoms with Crippen molar-refractivity contribution >= 4 is 41.8 Å². The summed E-state index contributed by atoms with van der Waals surface area (Å²) in [4.78, 5) is 25.1. The van der Waals surface area contributed by atoms with Crippen molar-refractivity contribution in [3.8, 4) is 0 Å². The number of ether oxygens (including phenoxy) is 1. The van der Waals surface area contributed by atoms with Gasteiger partial charge in [-0.1, -0.05) is 6.07 Å². The number of aromatic nitrogens is 1. The van der Waals surface area contributed by atoms with Crippen LogP contribution in [-0.2, 0) is 11.3 Å². The molecule has 2 aliphatic heterocycles. The van der Waals surface area contributed by atoms with Gasteiger partial charge >= 0.3 is 6.09 Å². The van der Waals surface area contributed by atoms with Gasteiger partial charge in [-0.05, 0) is 45.6 Å². The van der Waals surface area contributed by atoms with Crippen LogP contribution >= 0.6 is 24.0 Å². The van der Waals surface area contributed by atoms with E-state index in [1.165, 1.54) is 12.8 Å². The van der Waals surface area contributed by atoms with Crippen molar-refractivity contribution in [3.05, 3.63) is 23.4 Å². The van der Waals surface area contributed by atoms with Gasteiger partial charge in [0.2, 0.25) is 0 Å². The fraction of sp³-hybridized carbons (Fsp3) is 0.650. The van der Waals surface area contributed by atoms with Crippen LogP contribution in [0.5, 0.6) is 0 Å². The van der Waals surface area contributed by atoms with Crippen molar-refractivity contribution in [1.82, 2.24) is 15.2 Å². The molecule has 162 valence electrons. The molecule has 0 radical (unpaired) electrons. The maximum absolute atomic E-state index is 11.8. The summed E-state index contributed by atoms with van der Waals surface area (Å²) in [6.07, 6.45) is 3.86. The number of carbonyl (C=O) groups excluding carboxylic acids is 1. The summed E-state index contributed by atoms with van der Waals surface area (Å²) < 4.78 is 5.06. The fourth-order valence-electron chi connectivity index (χ4n) is 3.74. The van der Waals surface area contributed by atoms with Crippen LogP contribution in [0.15, 0.2) is 17.1 Å². The number of carbonyl (C=O) groups is 1. The van der Waals surface area contributed by atoms with E-state index in [2.05, 4.69) is 21.3 Å². The lowest BCUT2D eigenvalue weighted by molar-refractivity contribution is 0.0963. The number of likely N-dealkylation sites (tertiary alicyclic amines) is 1. The van der Waals surface area contributed by atoms with Crippen molar-refractivity contribution in [2.75, 3.05) is 37.7 Å². The lowest BCUT2D eigenvalue weighted by Gasteiger charge is -2.31. The number of nitrogens with zero attached hydrogens (tertiary/aromatic N) is 4. The Bertz CT molecular complexity index is 700. The maximum Gasteiger partial charge on any atom is 0.409 e. The third kappa shape index (κ3) is 6.61. The molecule has 0 atom stereocenters. The molecule has 0 aromatic carbocycles. The molecule has 2 saturated heterocycles. The normalized spacial score (nSPS) is 17.8. The molecule has 0 aliphatic carbocycles. The molecular weight excluding hydrogens is 483 g/mol. The first-order valence-corrected chi connectivity index (χ1v) is 10.3. The topological polar surface area (TPSA) is 96.1 Å². The maximum atomic E-state index is 11.8. The number of guanidine groups is 1. The van der Waals surface area contributed by atoms with Gasteiger partial charge in [0.05, 0.1) is 13.2 Å². The Balaban J connectivity index is 0.00000300. The minimum atomic E-state index is -0.232. The lowest BCUT2D eigenvalue weighted by Crippen LogP contribution is -2.48. The first kappa shape index (κ1) is 23.5. The highest BCUT2D eigenvalue weighted by atomic mass is 127. The number of aliphatic imine (C=N–C) groups is 1. The molecule has 0 spiro atoms. The summed E-state index contributed by atoms with van der Waals surface area (Å²) >= 11 is 0. The van der Waals surface area contributed by atoms with Crippen LogP contribution in [-0.4, -0.2) is 60.8 Å². The van der Waals surface area contributed by atoms with Crippen LogP contribution in [0.25, 0.3) is 0 Å². The van der Waals surface area contributed by atoms with E-state index in [0.29, 0.717) is 32.2 Å². The van der Waals surface area contributed by atoms with E-state index in [0.717, 1.165) is 43.0 Å². The Kier molecular flexibility index (Phi) is 9.25. The van der Waals surface area contributed by atoms with E-state index in [4.69, 9.17) is 15.5 Å². The predicted octanol–water partition coefficient (Wildman–Crippen LogP) is 2.63. The number of anilines is 1. The molecule has 9 heteroatoms. The molecule has 0 bridgehead atoms. The molecule has 3 N–H and O–H groups in total. The number of piperidine rings is 1. The highest BCUT2D eigenvalue weighted by molar-refractivity contribution is 14.0. The van der Waals surface area contributed by atoms with Crippen LogP contribution in [0.2, 0.25) is 0 Å². The van der Waals surface area contributed by atoms with Crippen molar-refractivity contribution < 1.29 is 9.53 Å². The first-order chi connectivity index (χ1) is 13.6. The Morgan fingerprint density at radius 2 is 1.97 bits per heavy atom. The molecule has 0 unspecified atom stereocenters. The van der Waals surface area contributed by atoms with Gasteiger partial charge in [-0.25, -0.2) is 14.8 Å². The number of aryl methyl sites for hydroxylation is 1. The Hall–Kier alpha value is -1.78. The zero-order valence-electron chi connectivity index (χ0n) is 17.4. The van der Waals surface area contributed by atoms with Crippen molar-refractivity contribution in [2.24, 2.45) is 10.7 Å². The number of pyridine rings is 1. The van der Waals surface area contributed by atoms with Gasteiger partial charge in [-0.15, -0.1) is 24.0 Å². The monoisotopic (exact) mass is 516 g/mol. The summed E-state index contributed by atoms with van der Waals surface area (Å²) in [5.41, 5.74) is 8.26. The van der Waals surface area contributed by atoms with Crippen molar-refractivity contribution in [2.45, 2.75) is 52.1 Å². The summed E-state index contributed by atoms with van der Waals surface area (Å²) in [5, 5.41) is 3.30. The first-order valence-electron chi connectivity index (χ1n) is 10.3. The highest BCUT2D eigenvalue weighted by Gasteiger charge is 2.24. The molecule has 1 aromatic heterocycles. The zero-order valence-corrected chi connectivity index (χ0v) is 19.7. The number of hydrogen-bond donors (Lipinski definition) is 2. The average molecular weight is 516 g/mol. The number of hydrogen-bond acceptors (Lipinski definition) is 5. The molecular formula is C20H33IN6O2. The van der Waals surface area contributed by atoms with Gasteiger partial charge in [-0.3, -0.25) is 0 Å². The van der Waals surface area contributed by atoms with Gasteiger partial charge in [0, 0.05) is 43.5 Å². The Morgan fingerprint density at radius 3 is 2.62 bits per heavy atom. The molecule has 2 aliphatic rings. The SMILES string of the molecule is CCOC(=O)N1CCC(NC(N)=NCc2ccc(C)nc2N2CCCC2)CC1.I. The number of rotatable bonds is 5. The van der Waals surface area contributed by atoms with Crippen molar-refractivity contribution in [3.63, 3.8) is 0 Å². The van der Waals surface area contributed by atoms with Crippen molar-refractivity contribution in [1.29, 1.82) is 0 Å². The molecule has 2 fully saturated rings. The van der Waals surface area contributed by atoms with Gasteiger partial charge in [0.15, 0.2) is 5.96 Å². The molecule has 3 rings (SSSR count). The number of nitrogens with two attached hydrogens (primary N) is 1. The molecule has 0 saturated carbocycles. The quantitative estimate of drug-likeness (QED) is 0.355. The van der Waals surface area contributed by atoms with E-state index in [-0.39, 0.29) is 36.1 Å². The largest absolute Gasteiger partial charge is 0.450 e. The lowest BCUT2D eigenvalue weighted by atomic mass is 10.1. The second-order valence-electron chi connectivity index (χ2n) is 7.44. The van der Waals surface area contributed by atoms with Crippen LogP contribution in [0.4, 0.5) is 10.6 Å². The minimum absolute atomic E-state index is 0. The smallest absolute Gasteiger partial charge is 0.409 e. The van der Waals surface area contributed by atoms with E-state index < -0.39 is 0 Å². The van der Waals surface area contributed by atoms with Gasteiger partial charge < -0.3 is 25.6 Å². The van der Waals surface area contributed by atoms with Crippen LogP contribution < -0.4 is 16.0 Å². The number of amides is 1. The number of nitrogens with one attached hydrogen (secondary N) is 1. The fourth-order valence-corrected chi connectivity index (χ4v) is 3.74. The van der Waals surface area contributed by atoms with E-state index >= 15 is 0 Å². The third-order valence-corrected chi connectivity index (χ3v) is 5.29. The molecule has 8 nitrogen and oxygen atoms in total. The average Bonchev–Trinajstić information content (AvgIpc) is 3.22. The second kappa shape index (κ2) is 11.4. The van der Waals surface area contributed by atoms with E-state index in [1.807, 2.05) is 19.9 Å². The van der Waals surface area contributed by atoms with Crippen LogP contribution in [0, 0.1) is 6.92 Å². The standard InChI is InChI=1S/C20H32N6O2.HI/c1-3-28-20(27)26-12-8-17(9-13-26)24-19(21)22-14-16-7-6-15(2)23-18(16)25-10-4-5-11-25;/h6-7,17H,3-5,8-14H2,1-2H3,(H3,21,22,24);1H. The molecule has 29 heavy (non-hydrogen) atoms. The minimum Gasteiger partial charge on any atom is -0.450 e. The highest BCUT2D eigenvalue weighted by Crippen LogP contribution is 2.23. The Labute approximate surface area is 190 Å².